The van der Waals surface area contributed by atoms with Gasteiger partial charge in [0.05, 0.1) is 12.9 Å². The Balaban J connectivity index is 3.32. The highest BCUT2D eigenvalue weighted by Gasteiger charge is 2.17. The van der Waals surface area contributed by atoms with Crippen LogP contribution in [-0.4, -0.2) is 20.6 Å². The fourth-order valence-electron chi connectivity index (χ4n) is 1.29. The summed E-state index contributed by atoms with van der Waals surface area (Å²) in [6.45, 7) is 1.72. The second-order valence-corrected chi connectivity index (χ2v) is 5.87. The highest BCUT2D eigenvalue weighted by atomic mass is 35.7. The Hall–Kier alpha value is -0.940. The molecule has 0 saturated carbocycles. The van der Waals surface area contributed by atoms with E-state index in [4.69, 9.17) is 15.4 Å². The minimum Gasteiger partial charge on any atom is -0.504 e. The molecular weight excluding hydrogens is 240 g/mol. The molecule has 6 heteroatoms. The van der Waals surface area contributed by atoms with Gasteiger partial charge in [0.2, 0.25) is 9.05 Å². The first-order valence-corrected chi connectivity index (χ1v) is 6.60. The molecule has 1 aromatic rings. The molecule has 84 valence electrons. The van der Waals surface area contributed by atoms with Gasteiger partial charge in [-0.2, -0.15) is 0 Å². The number of hydrogen-bond acceptors (Lipinski definition) is 4. The third-order valence-corrected chi connectivity index (χ3v) is 2.96. The van der Waals surface area contributed by atoms with Gasteiger partial charge in [0.1, 0.15) is 0 Å². The third-order valence-electron chi connectivity index (χ3n) is 1.99. The Morgan fingerprint density at radius 3 is 2.53 bits per heavy atom. The molecule has 0 atom stereocenters. The molecule has 0 aliphatic heterocycles. The van der Waals surface area contributed by atoms with Crippen molar-refractivity contribution < 1.29 is 18.3 Å². The van der Waals surface area contributed by atoms with Crippen LogP contribution >= 0.6 is 10.7 Å². The van der Waals surface area contributed by atoms with Crippen LogP contribution in [0.2, 0.25) is 0 Å². The molecule has 1 N–H and O–H groups in total. The van der Waals surface area contributed by atoms with Gasteiger partial charge in [0, 0.05) is 16.2 Å². The Bertz CT molecular complexity index is 467. The summed E-state index contributed by atoms with van der Waals surface area (Å²) in [5.74, 6) is -0.310. The van der Waals surface area contributed by atoms with E-state index in [0.29, 0.717) is 11.1 Å². The summed E-state index contributed by atoms with van der Waals surface area (Å²) in [5, 5.41) is 9.45. The van der Waals surface area contributed by atoms with Gasteiger partial charge in [-0.15, -0.1) is 0 Å². The van der Waals surface area contributed by atoms with Gasteiger partial charge < -0.3 is 9.84 Å². The van der Waals surface area contributed by atoms with Crippen molar-refractivity contribution in [1.82, 2.24) is 0 Å². The maximum Gasteiger partial charge on any atom is 0.236 e. The number of aromatic hydroxyl groups is 1. The van der Waals surface area contributed by atoms with Crippen LogP contribution in [0, 0.1) is 6.92 Å². The number of phenols is 1. The van der Waals surface area contributed by atoms with Crippen molar-refractivity contribution in [1.29, 1.82) is 0 Å². The van der Waals surface area contributed by atoms with Crippen LogP contribution in [0.5, 0.6) is 11.5 Å². The van der Waals surface area contributed by atoms with Gasteiger partial charge in [-0.05, 0) is 18.6 Å². The lowest BCUT2D eigenvalue weighted by Gasteiger charge is -2.11. The van der Waals surface area contributed by atoms with Crippen LogP contribution in [0.4, 0.5) is 0 Å². The second kappa shape index (κ2) is 4.28. The number of ether oxygens (including phenoxy) is 1. The summed E-state index contributed by atoms with van der Waals surface area (Å²) in [6, 6.07) is 3.05. The van der Waals surface area contributed by atoms with Crippen molar-refractivity contribution >= 4 is 19.7 Å². The van der Waals surface area contributed by atoms with Gasteiger partial charge in [0.15, 0.2) is 11.5 Å². The molecule has 0 aromatic heterocycles. The van der Waals surface area contributed by atoms with Crippen molar-refractivity contribution in [2.45, 2.75) is 12.7 Å². The average molecular weight is 251 g/mol. The van der Waals surface area contributed by atoms with Crippen LogP contribution in [0.1, 0.15) is 11.1 Å². The molecule has 1 aromatic carbocycles. The predicted molar refractivity (Wildman–Crippen MR) is 57.9 cm³/mol. The van der Waals surface area contributed by atoms with E-state index in [9.17, 15) is 13.5 Å². The highest BCUT2D eigenvalue weighted by molar-refractivity contribution is 8.13. The molecule has 0 fully saturated rings. The van der Waals surface area contributed by atoms with E-state index < -0.39 is 9.05 Å². The molecule has 0 radical (unpaired) electrons. The van der Waals surface area contributed by atoms with E-state index >= 15 is 0 Å². The fourth-order valence-corrected chi connectivity index (χ4v) is 2.32. The van der Waals surface area contributed by atoms with Crippen LogP contribution in [0.3, 0.4) is 0 Å². The summed E-state index contributed by atoms with van der Waals surface area (Å²) in [7, 11) is 2.85. The van der Waals surface area contributed by atoms with E-state index in [1.165, 1.54) is 13.2 Å². The minimum atomic E-state index is -3.67. The molecule has 0 aliphatic rings. The quantitative estimate of drug-likeness (QED) is 0.831. The molecule has 0 heterocycles. The van der Waals surface area contributed by atoms with E-state index in [1.807, 2.05) is 0 Å². The number of benzene rings is 1. The van der Waals surface area contributed by atoms with Gasteiger partial charge in [-0.25, -0.2) is 8.42 Å². The first-order valence-electron chi connectivity index (χ1n) is 4.13. The van der Waals surface area contributed by atoms with E-state index in [2.05, 4.69) is 0 Å². The molecule has 0 saturated heterocycles. The Kier molecular flexibility index (Phi) is 3.46. The molecule has 0 unspecified atom stereocenters. The van der Waals surface area contributed by atoms with Gasteiger partial charge in [-0.1, -0.05) is 6.07 Å². The first-order chi connectivity index (χ1) is 6.85. The van der Waals surface area contributed by atoms with Gasteiger partial charge >= 0.3 is 0 Å². The topological polar surface area (TPSA) is 63.6 Å². The number of phenolic OH excluding ortho intramolecular Hbond substituents is 1. The largest absolute Gasteiger partial charge is 0.504 e. The molecule has 1 rings (SSSR count). The highest BCUT2D eigenvalue weighted by Crippen LogP contribution is 2.33. The molecule has 0 aliphatic carbocycles. The molecule has 4 nitrogen and oxygen atoms in total. The standard InChI is InChI=1S/C9H11ClO4S/c1-6-3-4-8(11)9(14-2)7(6)5-15(10,12)13/h3-4,11H,5H2,1-2H3. The van der Waals surface area contributed by atoms with Crippen LogP contribution in [0.15, 0.2) is 12.1 Å². The number of hydrogen-bond donors (Lipinski definition) is 1. The Labute approximate surface area is 92.9 Å². The zero-order valence-electron chi connectivity index (χ0n) is 8.32. The molecule has 15 heavy (non-hydrogen) atoms. The molecular formula is C9H11ClO4S. The second-order valence-electron chi connectivity index (χ2n) is 3.10. The smallest absolute Gasteiger partial charge is 0.236 e. The summed E-state index contributed by atoms with van der Waals surface area (Å²) in [6.07, 6.45) is 0. The summed E-state index contributed by atoms with van der Waals surface area (Å²) >= 11 is 0. The SMILES string of the molecule is COc1c(O)ccc(C)c1CS(=O)(=O)Cl. The number of halogens is 1. The van der Waals surface area contributed by atoms with E-state index in [0.717, 1.165) is 0 Å². The first kappa shape index (κ1) is 12.1. The number of methoxy groups -OCH3 is 1. The third kappa shape index (κ3) is 3.00. The monoisotopic (exact) mass is 250 g/mol. The maximum absolute atomic E-state index is 11.0. The van der Waals surface area contributed by atoms with Crippen molar-refractivity contribution in [3.63, 3.8) is 0 Å². The fraction of sp³-hybridized carbons (Fsp3) is 0.333. The van der Waals surface area contributed by atoms with Crippen LogP contribution in [-0.2, 0) is 14.8 Å². The lowest BCUT2D eigenvalue weighted by molar-refractivity contribution is 0.370. The van der Waals surface area contributed by atoms with Crippen LogP contribution in [0.25, 0.3) is 0 Å². The van der Waals surface area contributed by atoms with Crippen LogP contribution < -0.4 is 4.74 Å². The predicted octanol–water partition coefficient (Wildman–Crippen LogP) is 1.78. The van der Waals surface area contributed by atoms with Crippen molar-refractivity contribution in [2.24, 2.45) is 0 Å². The molecule has 0 amide bonds. The normalized spacial score (nSPS) is 11.4. The zero-order valence-corrected chi connectivity index (χ0v) is 9.89. The number of aryl methyl sites for hydroxylation is 1. The molecule has 0 bridgehead atoms. The maximum atomic E-state index is 11.0. The summed E-state index contributed by atoms with van der Waals surface area (Å²) < 4.78 is 26.9. The lowest BCUT2D eigenvalue weighted by Crippen LogP contribution is -2.01. The van der Waals surface area contributed by atoms with E-state index in [1.54, 1.807) is 13.0 Å². The van der Waals surface area contributed by atoms with Gasteiger partial charge in [-0.3, -0.25) is 0 Å². The Morgan fingerprint density at radius 1 is 1.47 bits per heavy atom. The van der Waals surface area contributed by atoms with Gasteiger partial charge in [0.25, 0.3) is 0 Å². The molecule has 0 spiro atoms. The van der Waals surface area contributed by atoms with E-state index in [-0.39, 0.29) is 17.3 Å². The summed E-state index contributed by atoms with van der Waals surface area (Å²) in [4.78, 5) is 0. The van der Waals surface area contributed by atoms with Crippen molar-refractivity contribution in [3.8, 4) is 11.5 Å². The number of rotatable bonds is 3. The Morgan fingerprint density at radius 2 is 2.07 bits per heavy atom. The minimum absolute atomic E-state index is 0.0987. The lowest BCUT2D eigenvalue weighted by atomic mass is 10.1. The van der Waals surface area contributed by atoms with Crippen molar-refractivity contribution in [2.75, 3.05) is 7.11 Å². The van der Waals surface area contributed by atoms with Crippen molar-refractivity contribution in [3.05, 3.63) is 23.3 Å². The average Bonchev–Trinajstić information content (AvgIpc) is 2.10. The summed E-state index contributed by atoms with van der Waals surface area (Å²) in [5.41, 5.74) is 1.08. The zero-order chi connectivity index (χ0) is 11.6.